The first kappa shape index (κ1) is 19.3. The van der Waals surface area contributed by atoms with Gasteiger partial charge in [0.15, 0.2) is 11.5 Å². The van der Waals surface area contributed by atoms with E-state index in [1.165, 1.54) is 7.11 Å². The Hall–Kier alpha value is -3.48. The third kappa shape index (κ3) is 3.64. The summed E-state index contributed by atoms with van der Waals surface area (Å²) in [6.45, 7) is 0. The Morgan fingerprint density at radius 2 is 1.43 bits per heavy atom. The number of hydrogen-bond donors (Lipinski definition) is 1. The fraction of sp³-hybridized carbons (Fsp3) is 0.238. The Bertz CT molecular complexity index is 1010. The molecule has 146 valence electrons. The van der Waals surface area contributed by atoms with Crippen molar-refractivity contribution in [2.45, 2.75) is 6.42 Å². The largest absolute Gasteiger partial charge is 0.497 e. The summed E-state index contributed by atoms with van der Waals surface area (Å²) in [5.74, 6) is 1.36. The molecule has 0 saturated heterocycles. The van der Waals surface area contributed by atoms with Gasteiger partial charge in [0, 0.05) is 23.2 Å². The summed E-state index contributed by atoms with van der Waals surface area (Å²) in [7, 11) is 6.24. The molecule has 3 aromatic rings. The lowest BCUT2D eigenvalue weighted by atomic mass is 9.98. The van der Waals surface area contributed by atoms with Crippen LogP contribution < -0.4 is 18.9 Å². The molecule has 0 saturated carbocycles. The zero-order valence-corrected chi connectivity index (χ0v) is 16.1. The van der Waals surface area contributed by atoms with Crippen LogP contribution in [-0.2, 0) is 11.2 Å². The van der Waals surface area contributed by atoms with Gasteiger partial charge in [0.25, 0.3) is 0 Å². The van der Waals surface area contributed by atoms with Gasteiger partial charge in [-0.25, -0.2) is 0 Å². The molecule has 0 unspecified atom stereocenters. The van der Waals surface area contributed by atoms with Crippen molar-refractivity contribution in [1.29, 1.82) is 0 Å². The Morgan fingerprint density at radius 3 is 1.93 bits per heavy atom. The SMILES string of the molecule is COc1cc(OC)cc(-c2ncc(CC(=O)O)c3cc(OC)c(OC)cc23)c1. The van der Waals surface area contributed by atoms with Crippen molar-refractivity contribution in [1.82, 2.24) is 4.98 Å². The molecule has 7 heteroatoms. The summed E-state index contributed by atoms with van der Waals surface area (Å²) in [6.07, 6.45) is 1.42. The maximum atomic E-state index is 11.3. The number of ether oxygens (including phenoxy) is 4. The molecule has 3 rings (SSSR count). The Balaban J connectivity index is 2.33. The van der Waals surface area contributed by atoms with Crippen molar-refractivity contribution >= 4 is 16.7 Å². The Morgan fingerprint density at radius 1 is 0.857 bits per heavy atom. The molecular weight excluding hydrogens is 362 g/mol. The van der Waals surface area contributed by atoms with Crippen molar-refractivity contribution in [3.8, 4) is 34.3 Å². The van der Waals surface area contributed by atoms with Gasteiger partial charge in [-0.05, 0) is 35.2 Å². The van der Waals surface area contributed by atoms with E-state index in [4.69, 9.17) is 18.9 Å². The van der Waals surface area contributed by atoms with E-state index in [0.717, 1.165) is 16.3 Å². The van der Waals surface area contributed by atoms with Gasteiger partial charge in [0.2, 0.25) is 0 Å². The summed E-state index contributed by atoms with van der Waals surface area (Å²) in [6, 6.07) is 9.03. The number of methoxy groups -OCH3 is 4. The lowest BCUT2D eigenvalue weighted by molar-refractivity contribution is -0.136. The van der Waals surface area contributed by atoms with E-state index >= 15 is 0 Å². The molecule has 0 aliphatic rings. The van der Waals surface area contributed by atoms with Crippen molar-refractivity contribution in [2.75, 3.05) is 28.4 Å². The molecule has 0 aliphatic carbocycles. The molecule has 28 heavy (non-hydrogen) atoms. The molecular formula is C21H21NO6. The van der Waals surface area contributed by atoms with Crippen LogP contribution in [0.25, 0.3) is 22.0 Å². The van der Waals surface area contributed by atoms with Crippen molar-refractivity contribution in [3.05, 3.63) is 42.1 Å². The van der Waals surface area contributed by atoms with Gasteiger partial charge >= 0.3 is 5.97 Å². The highest BCUT2D eigenvalue weighted by Crippen LogP contribution is 2.39. The summed E-state index contributed by atoms with van der Waals surface area (Å²) in [5.41, 5.74) is 2.01. The monoisotopic (exact) mass is 383 g/mol. The number of rotatable bonds is 7. The highest BCUT2D eigenvalue weighted by atomic mass is 16.5. The van der Waals surface area contributed by atoms with E-state index in [-0.39, 0.29) is 6.42 Å². The molecule has 1 N–H and O–H groups in total. The molecule has 7 nitrogen and oxygen atoms in total. The minimum Gasteiger partial charge on any atom is -0.497 e. The van der Waals surface area contributed by atoms with Gasteiger partial charge in [-0.15, -0.1) is 0 Å². The van der Waals surface area contributed by atoms with Gasteiger partial charge in [0.1, 0.15) is 11.5 Å². The first-order chi connectivity index (χ1) is 13.5. The average molecular weight is 383 g/mol. The number of nitrogens with zero attached hydrogens (tertiary/aromatic N) is 1. The number of carboxylic acid groups (broad SMARTS) is 1. The van der Waals surface area contributed by atoms with Crippen molar-refractivity contribution in [2.24, 2.45) is 0 Å². The number of hydrogen-bond acceptors (Lipinski definition) is 6. The predicted octanol–water partition coefficient (Wildman–Crippen LogP) is 3.56. The van der Waals surface area contributed by atoms with Crippen LogP contribution in [0.1, 0.15) is 5.56 Å². The number of fused-ring (bicyclic) bond motifs is 1. The standard InChI is InChI=1S/C21H21NO6/c1-25-14-5-12(6-15(8-14)26-2)21-17-10-19(28-4)18(27-3)9-16(17)13(11-22-21)7-20(23)24/h5-6,8-11H,7H2,1-4H3,(H,23,24). The molecule has 2 aromatic carbocycles. The molecule has 1 heterocycles. The van der Waals surface area contributed by atoms with Gasteiger partial charge in [-0.2, -0.15) is 0 Å². The van der Waals surface area contributed by atoms with Gasteiger partial charge in [-0.3, -0.25) is 9.78 Å². The zero-order valence-electron chi connectivity index (χ0n) is 16.1. The predicted molar refractivity (Wildman–Crippen MR) is 105 cm³/mol. The summed E-state index contributed by atoms with van der Waals surface area (Å²) >= 11 is 0. The van der Waals surface area contributed by atoms with Crippen LogP contribution in [0.15, 0.2) is 36.5 Å². The van der Waals surface area contributed by atoms with Crippen molar-refractivity contribution < 1.29 is 28.8 Å². The van der Waals surface area contributed by atoms with E-state index in [1.807, 2.05) is 12.1 Å². The van der Waals surface area contributed by atoms with Gasteiger partial charge < -0.3 is 24.1 Å². The smallest absolute Gasteiger partial charge is 0.307 e. The van der Waals surface area contributed by atoms with E-state index < -0.39 is 5.97 Å². The van der Waals surface area contributed by atoms with Crippen molar-refractivity contribution in [3.63, 3.8) is 0 Å². The summed E-state index contributed by atoms with van der Waals surface area (Å²) < 4.78 is 21.5. The van der Waals surface area contributed by atoms with E-state index in [0.29, 0.717) is 34.3 Å². The van der Waals surface area contributed by atoms with Gasteiger partial charge in [0.05, 0.1) is 40.6 Å². The van der Waals surface area contributed by atoms with Crippen LogP contribution in [0.2, 0.25) is 0 Å². The first-order valence-corrected chi connectivity index (χ1v) is 8.49. The third-order valence-corrected chi connectivity index (χ3v) is 4.44. The van der Waals surface area contributed by atoms with Crippen LogP contribution in [0.4, 0.5) is 0 Å². The zero-order chi connectivity index (χ0) is 20.3. The average Bonchev–Trinajstić information content (AvgIpc) is 2.72. The van der Waals surface area contributed by atoms with Crippen LogP contribution in [0.5, 0.6) is 23.0 Å². The minimum absolute atomic E-state index is 0.152. The minimum atomic E-state index is -0.936. The molecule has 0 amide bonds. The normalized spacial score (nSPS) is 10.6. The molecule has 0 radical (unpaired) electrons. The van der Waals surface area contributed by atoms with Crippen LogP contribution in [0.3, 0.4) is 0 Å². The molecule has 0 aliphatic heterocycles. The Kier molecular flexibility index (Phi) is 5.54. The third-order valence-electron chi connectivity index (χ3n) is 4.44. The van der Waals surface area contributed by atoms with Gasteiger partial charge in [-0.1, -0.05) is 0 Å². The quantitative estimate of drug-likeness (QED) is 0.667. The van der Waals surface area contributed by atoms with Crippen LogP contribution >= 0.6 is 0 Å². The fourth-order valence-corrected chi connectivity index (χ4v) is 3.10. The number of aliphatic carboxylic acids is 1. The van der Waals surface area contributed by atoms with Crippen LogP contribution in [0, 0.1) is 0 Å². The molecule has 0 fully saturated rings. The maximum absolute atomic E-state index is 11.3. The second kappa shape index (κ2) is 8.04. The number of benzene rings is 2. The summed E-state index contributed by atoms with van der Waals surface area (Å²) in [4.78, 5) is 15.8. The Labute approximate surface area is 162 Å². The summed E-state index contributed by atoms with van der Waals surface area (Å²) in [5, 5.41) is 10.7. The number of pyridine rings is 1. The molecule has 0 atom stereocenters. The van der Waals surface area contributed by atoms with Crippen LogP contribution in [-0.4, -0.2) is 44.5 Å². The maximum Gasteiger partial charge on any atom is 0.307 e. The second-order valence-corrected chi connectivity index (χ2v) is 6.06. The fourth-order valence-electron chi connectivity index (χ4n) is 3.10. The number of carboxylic acids is 1. The molecule has 0 spiro atoms. The lowest BCUT2D eigenvalue weighted by Crippen LogP contribution is -2.03. The topological polar surface area (TPSA) is 87.1 Å². The van der Waals surface area contributed by atoms with E-state index in [1.54, 1.807) is 45.7 Å². The molecule has 0 bridgehead atoms. The first-order valence-electron chi connectivity index (χ1n) is 8.49. The number of aromatic nitrogens is 1. The second-order valence-electron chi connectivity index (χ2n) is 6.06. The molecule has 1 aromatic heterocycles. The lowest BCUT2D eigenvalue weighted by Gasteiger charge is -2.15. The van der Waals surface area contributed by atoms with E-state index in [2.05, 4.69) is 4.98 Å². The highest BCUT2D eigenvalue weighted by molar-refractivity contribution is 5.99. The number of carbonyl (C=O) groups is 1. The van der Waals surface area contributed by atoms with E-state index in [9.17, 15) is 9.90 Å². The highest BCUT2D eigenvalue weighted by Gasteiger charge is 2.17.